The van der Waals surface area contributed by atoms with E-state index >= 15 is 0 Å². The molecule has 2 atom stereocenters. The second-order valence-corrected chi connectivity index (χ2v) is 7.48. The van der Waals surface area contributed by atoms with Crippen LogP contribution in [0.4, 0.5) is 17.1 Å². The second kappa shape index (κ2) is 7.58. The van der Waals surface area contributed by atoms with E-state index in [9.17, 15) is 14.4 Å². The Bertz CT molecular complexity index is 971. The third-order valence-electron chi connectivity index (χ3n) is 5.33. The number of nitrogens with zero attached hydrogens (tertiary/aromatic N) is 1. The molecule has 2 aromatic carbocycles. The van der Waals surface area contributed by atoms with Gasteiger partial charge in [0.2, 0.25) is 5.91 Å². The van der Waals surface area contributed by atoms with E-state index in [1.165, 1.54) is 6.92 Å². The summed E-state index contributed by atoms with van der Waals surface area (Å²) in [5.74, 6) is -1.07. The van der Waals surface area contributed by atoms with Gasteiger partial charge < -0.3 is 20.3 Å². The molecule has 4 rings (SSSR count). The molecule has 0 aromatic heterocycles. The van der Waals surface area contributed by atoms with E-state index in [0.717, 1.165) is 30.6 Å². The molecule has 1 saturated heterocycles. The average Bonchev–Trinajstić information content (AvgIpc) is 3.20. The molecule has 29 heavy (non-hydrogen) atoms. The summed E-state index contributed by atoms with van der Waals surface area (Å²) in [5, 5.41) is 5.60. The molecule has 2 aromatic rings. The Balaban J connectivity index is 1.43. The molecule has 7 nitrogen and oxygen atoms in total. The number of anilines is 3. The SMILES string of the molecule is Cc1ccc(NC(=O)[C@@H](C)OC(=O)c2ccc3c(c2)NC(=O)[C@H]2CCCN32)cc1. The number of nitrogens with one attached hydrogen (secondary N) is 2. The summed E-state index contributed by atoms with van der Waals surface area (Å²) in [7, 11) is 0. The topological polar surface area (TPSA) is 87.7 Å². The molecular weight excluding hydrogens is 370 g/mol. The van der Waals surface area contributed by atoms with Gasteiger partial charge in [-0.2, -0.15) is 0 Å². The molecule has 0 saturated carbocycles. The normalized spacial score (nSPS) is 18.3. The highest BCUT2D eigenvalue weighted by atomic mass is 16.5. The minimum Gasteiger partial charge on any atom is -0.449 e. The fraction of sp³-hybridized carbons (Fsp3) is 0.318. The van der Waals surface area contributed by atoms with Crippen LogP contribution in [0.25, 0.3) is 0 Å². The summed E-state index contributed by atoms with van der Waals surface area (Å²) in [6.45, 7) is 4.31. The van der Waals surface area contributed by atoms with Crippen LogP contribution in [-0.2, 0) is 14.3 Å². The number of aryl methyl sites for hydroxylation is 1. The number of carbonyl (C=O) groups is 3. The van der Waals surface area contributed by atoms with Crippen molar-refractivity contribution in [3.8, 4) is 0 Å². The van der Waals surface area contributed by atoms with Gasteiger partial charge >= 0.3 is 5.97 Å². The van der Waals surface area contributed by atoms with Crippen LogP contribution in [-0.4, -0.2) is 36.5 Å². The third-order valence-corrected chi connectivity index (χ3v) is 5.33. The van der Waals surface area contributed by atoms with Crippen LogP contribution < -0.4 is 15.5 Å². The lowest BCUT2D eigenvalue weighted by Crippen LogP contribution is -2.43. The smallest absolute Gasteiger partial charge is 0.338 e. The van der Waals surface area contributed by atoms with Crippen molar-refractivity contribution in [3.05, 3.63) is 53.6 Å². The lowest BCUT2D eigenvalue weighted by molar-refractivity contribution is -0.123. The molecule has 2 aliphatic rings. The molecular formula is C22H23N3O4. The highest BCUT2D eigenvalue weighted by Crippen LogP contribution is 2.37. The molecule has 0 radical (unpaired) electrons. The number of hydrogen-bond donors (Lipinski definition) is 2. The Kier molecular flexibility index (Phi) is 4.96. The Morgan fingerprint density at radius 2 is 1.97 bits per heavy atom. The summed E-state index contributed by atoms with van der Waals surface area (Å²) in [6.07, 6.45) is 0.842. The monoisotopic (exact) mass is 393 g/mol. The number of benzene rings is 2. The molecule has 7 heteroatoms. The lowest BCUT2D eigenvalue weighted by Gasteiger charge is -2.33. The molecule has 2 amide bonds. The second-order valence-electron chi connectivity index (χ2n) is 7.48. The van der Waals surface area contributed by atoms with Crippen LogP contribution in [0.3, 0.4) is 0 Å². The van der Waals surface area contributed by atoms with Gasteiger partial charge in [0.25, 0.3) is 5.91 Å². The Hall–Kier alpha value is -3.35. The van der Waals surface area contributed by atoms with Gasteiger partial charge in [-0.25, -0.2) is 4.79 Å². The molecule has 2 N–H and O–H groups in total. The molecule has 0 bridgehead atoms. The van der Waals surface area contributed by atoms with E-state index in [-0.39, 0.29) is 17.5 Å². The van der Waals surface area contributed by atoms with E-state index in [4.69, 9.17) is 4.74 Å². The maximum Gasteiger partial charge on any atom is 0.338 e. The number of esters is 1. The molecule has 0 aliphatic carbocycles. The van der Waals surface area contributed by atoms with Gasteiger partial charge in [-0.1, -0.05) is 17.7 Å². The van der Waals surface area contributed by atoms with E-state index in [0.29, 0.717) is 11.4 Å². The number of rotatable bonds is 4. The van der Waals surface area contributed by atoms with Crippen LogP contribution in [0, 0.1) is 6.92 Å². The van der Waals surface area contributed by atoms with Crippen LogP contribution >= 0.6 is 0 Å². The third kappa shape index (κ3) is 3.81. The Labute approximate surface area is 169 Å². The Morgan fingerprint density at radius 1 is 1.21 bits per heavy atom. The van der Waals surface area contributed by atoms with E-state index in [2.05, 4.69) is 15.5 Å². The van der Waals surface area contributed by atoms with Crippen LogP contribution in [0.15, 0.2) is 42.5 Å². The summed E-state index contributed by atoms with van der Waals surface area (Å²) in [6, 6.07) is 12.3. The highest BCUT2D eigenvalue weighted by molar-refractivity contribution is 6.05. The fourth-order valence-electron chi connectivity index (χ4n) is 3.72. The number of fused-ring (bicyclic) bond motifs is 3. The van der Waals surface area contributed by atoms with Crippen molar-refractivity contribution in [1.82, 2.24) is 0 Å². The predicted octanol–water partition coefficient (Wildman–Crippen LogP) is 3.10. The number of ether oxygens (including phenoxy) is 1. The molecule has 0 spiro atoms. The van der Waals surface area contributed by atoms with Crippen molar-refractivity contribution in [2.24, 2.45) is 0 Å². The van der Waals surface area contributed by atoms with Gasteiger partial charge in [0.1, 0.15) is 6.04 Å². The van der Waals surface area contributed by atoms with Gasteiger partial charge in [-0.3, -0.25) is 9.59 Å². The number of amides is 2. The Morgan fingerprint density at radius 3 is 2.72 bits per heavy atom. The van der Waals surface area contributed by atoms with Gasteiger partial charge in [-0.05, 0) is 57.0 Å². The van der Waals surface area contributed by atoms with Gasteiger partial charge in [0.05, 0.1) is 16.9 Å². The molecule has 150 valence electrons. The first-order valence-corrected chi connectivity index (χ1v) is 9.72. The highest BCUT2D eigenvalue weighted by Gasteiger charge is 2.36. The zero-order valence-corrected chi connectivity index (χ0v) is 16.4. The first-order chi connectivity index (χ1) is 13.9. The standard InChI is InChI=1S/C22H23N3O4/c1-13-5-8-16(9-6-13)23-20(26)14(2)29-22(28)15-7-10-18-17(12-15)24-21(27)19-4-3-11-25(18)19/h5-10,12,14,19H,3-4,11H2,1-2H3,(H,23,26)(H,24,27)/t14-,19-/m1/s1. The molecule has 2 heterocycles. The first kappa shape index (κ1) is 19.0. The molecule has 1 fully saturated rings. The zero-order chi connectivity index (χ0) is 20.5. The van der Waals surface area contributed by atoms with Crippen molar-refractivity contribution < 1.29 is 19.1 Å². The lowest BCUT2D eigenvalue weighted by atomic mass is 10.1. The number of carbonyl (C=O) groups excluding carboxylic acids is 3. The molecule has 2 aliphatic heterocycles. The maximum absolute atomic E-state index is 12.5. The maximum atomic E-state index is 12.5. The first-order valence-electron chi connectivity index (χ1n) is 9.72. The van der Waals surface area contributed by atoms with E-state index in [1.54, 1.807) is 24.3 Å². The average molecular weight is 393 g/mol. The van der Waals surface area contributed by atoms with Gasteiger partial charge in [0, 0.05) is 12.2 Å². The van der Waals surface area contributed by atoms with E-state index < -0.39 is 18.0 Å². The molecule has 0 unspecified atom stereocenters. The van der Waals surface area contributed by atoms with E-state index in [1.807, 2.05) is 25.1 Å². The zero-order valence-electron chi connectivity index (χ0n) is 16.4. The van der Waals surface area contributed by atoms with Crippen molar-refractivity contribution in [1.29, 1.82) is 0 Å². The van der Waals surface area contributed by atoms with Crippen molar-refractivity contribution in [2.75, 3.05) is 22.1 Å². The fourth-order valence-corrected chi connectivity index (χ4v) is 3.72. The predicted molar refractivity (Wildman–Crippen MR) is 110 cm³/mol. The minimum atomic E-state index is -0.961. The summed E-state index contributed by atoms with van der Waals surface area (Å²) in [5.41, 5.74) is 3.52. The van der Waals surface area contributed by atoms with Crippen LogP contribution in [0.1, 0.15) is 35.7 Å². The van der Waals surface area contributed by atoms with Gasteiger partial charge in [-0.15, -0.1) is 0 Å². The van der Waals surface area contributed by atoms with Crippen LogP contribution in [0.5, 0.6) is 0 Å². The largest absolute Gasteiger partial charge is 0.449 e. The summed E-state index contributed by atoms with van der Waals surface area (Å²) >= 11 is 0. The van der Waals surface area contributed by atoms with Crippen molar-refractivity contribution in [3.63, 3.8) is 0 Å². The summed E-state index contributed by atoms with van der Waals surface area (Å²) in [4.78, 5) is 39.2. The number of hydrogen-bond acceptors (Lipinski definition) is 5. The minimum absolute atomic E-state index is 0.0497. The van der Waals surface area contributed by atoms with Crippen LogP contribution in [0.2, 0.25) is 0 Å². The summed E-state index contributed by atoms with van der Waals surface area (Å²) < 4.78 is 5.32. The van der Waals surface area contributed by atoms with Crippen molar-refractivity contribution >= 4 is 34.8 Å². The quantitative estimate of drug-likeness (QED) is 0.780. The van der Waals surface area contributed by atoms with Gasteiger partial charge in [0.15, 0.2) is 6.10 Å². The van der Waals surface area contributed by atoms with Crippen molar-refractivity contribution in [2.45, 2.75) is 38.8 Å².